The zero-order valence-electron chi connectivity index (χ0n) is 16.1. The standard InChI is InChI=1S/C23H24N4S/c1-17-7-5-12-21(13-17)27-22(20-10-3-2-4-11-20)25-26-23(27)28-16-19-9-6-8-18(14-19)15-24/h5-9,12-14,20H,2-4,10-11,16H2,1H3. The van der Waals surface area contributed by atoms with Crippen molar-refractivity contribution in [2.45, 2.75) is 55.9 Å². The molecular weight excluding hydrogens is 364 g/mol. The van der Waals surface area contributed by atoms with Crippen molar-refractivity contribution in [1.82, 2.24) is 14.8 Å². The summed E-state index contributed by atoms with van der Waals surface area (Å²) >= 11 is 1.68. The molecule has 1 heterocycles. The number of aryl methyl sites for hydroxylation is 1. The average Bonchev–Trinajstić information content (AvgIpc) is 3.17. The van der Waals surface area contributed by atoms with E-state index >= 15 is 0 Å². The van der Waals surface area contributed by atoms with Crippen LogP contribution in [-0.2, 0) is 5.75 Å². The highest BCUT2D eigenvalue weighted by molar-refractivity contribution is 7.98. The van der Waals surface area contributed by atoms with Gasteiger partial charge in [0.25, 0.3) is 0 Å². The first-order valence-corrected chi connectivity index (χ1v) is 10.9. The maximum Gasteiger partial charge on any atom is 0.196 e. The van der Waals surface area contributed by atoms with Crippen LogP contribution in [0.3, 0.4) is 0 Å². The summed E-state index contributed by atoms with van der Waals surface area (Å²) in [4.78, 5) is 0. The molecule has 5 heteroatoms. The summed E-state index contributed by atoms with van der Waals surface area (Å²) in [6, 6.07) is 18.6. The van der Waals surface area contributed by atoms with Gasteiger partial charge in [-0.1, -0.05) is 55.3 Å². The molecule has 0 amide bonds. The molecular formula is C23H24N4S. The first kappa shape index (κ1) is 18.8. The third-order valence-corrected chi connectivity index (χ3v) is 6.31. The van der Waals surface area contributed by atoms with Gasteiger partial charge in [-0.2, -0.15) is 5.26 Å². The predicted octanol–water partition coefficient (Wildman–Crippen LogP) is 5.79. The molecule has 0 bridgehead atoms. The van der Waals surface area contributed by atoms with Gasteiger partial charge in [0.2, 0.25) is 0 Å². The zero-order valence-corrected chi connectivity index (χ0v) is 17.0. The number of nitrogens with zero attached hydrogens (tertiary/aromatic N) is 4. The lowest BCUT2D eigenvalue weighted by Gasteiger charge is -2.22. The van der Waals surface area contributed by atoms with Gasteiger partial charge in [0, 0.05) is 17.4 Å². The minimum absolute atomic E-state index is 0.484. The van der Waals surface area contributed by atoms with Crippen molar-refractivity contribution in [2.75, 3.05) is 0 Å². The summed E-state index contributed by atoms with van der Waals surface area (Å²) in [6.07, 6.45) is 6.26. The molecule has 0 spiro atoms. The molecule has 1 aliphatic rings. The van der Waals surface area contributed by atoms with Crippen LogP contribution in [0.1, 0.15) is 60.5 Å². The summed E-state index contributed by atoms with van der Waals surface area (Å²) in [7, 11) is 0. The Bertz CT molecular complexity index is 996. The number of rotatable bonds is 5. The summed E-state index contributed by atoms with van der Waals surface area (Å²) in [5.41, 5.74) is 4.19. The highest BCUT2D eigenvalue weighted by Gasteiger charge is 2.24. The van der Waals surface area contributed by atoms with Gasteiger partial charge in [0.15, 0.2) is 5.16 Å². The maximum atomic E-state index is 9.13. The van der Waals surface area contributed by atoms with E-state index < -0.39 is 0 Å². The van der Waals surface area contributed by atoms with Crippen molar-refractivity contribution in [3.8, 4) is 11.8 Å². The molecule has 1 aliphatic carbocycles. The van der Waals surface area contributed by atoms with E-state index in [0.29, 0.717) is 11.5 Å². The van der Waals surface area contributed by atoms with Crippen LogP contribution in [0.2, 0.25) is 0 Å². The largest absolute Gasteiger partial charge is 0.274 e. The summed E-state index contributed by atoms with van der Waals surface area (Å²) in [6.45, 7) is 2.12. The lowest BCUT2D eigenvalue weighted by atomic mass is 9.88. The van der Waals surface area contributed by atoms with Crippen LogP contribution >= 0.6 is 11.8 Å². The number of hydrogen-bond donors (Lipinski definition) is 0. The monoisotopic (exact) mass is 388 g/mol. The number of hydrogen-bond acceptors (Lipinski definition) is 4. The number of nitriles is 1. The molecule has 0 N–H and O–H groups in total. The van der Waals surface area contributed by atoms with E-state index in [1.165, 1.54) is 37.7 Å². The van der Waals surface area contributed by atoms with E-state index in [2.05, 4.69) is 58.1 Å². The van der Waals surface area contributed by atoms with Gasteiger partial charge in [-0.05, 0) is 55.2 Å². The molecule has 1 saturated carbocycles. The summed E-state index contributed by atoms with van der Waals surface area (Å²) in [5, 5.41) is 19.3. The van der Waals surface area contributed by atoms with Crippen molar-refractivity contribution in [3.05, 3.63) is 71.0 Å². The minimum atomic E-state index is 0.484. The van der Waals surface area contributed by atoms with Crippen molar-refractivity contribution >= 4 is 11.8 Å². The van der Waals surface area contributed by atoms with Crippen molar-refractivity contribution in [1.29, 1.82) is 5.26 Å². The molecule has 3 aromatic rings. The fourth-order valence-corrected chi connectivity index (χ4v) is 4.79. The molecule has 2 aromatic carbocycles. The van der Waals surface area contributed by atoms with E-state index in [1.807, 2.05) is 18.2 Å². The smallest absolute Gasteiger partial charge is 0.196 e. The van der Waals surface area contributed by atoms with Gasteiger partial charge in [-0.15, -0.1) is 10.2 Å². The quantitative estimate of drug-likeness (QED) is 0.519. The Hall–Kier alpha value is -2.58. The lowest BCUT2D eigenvalue weighted by molar-refractivity contribution is 0.423. The Morgan fingerprint density at radius 3 is 2.68 bits per heavy atom. The second-order valence-electron chi connectivity index (χ2n) is 7.45. The van der Waals surface area contributed by atoms with Crippen LogP contribution in [0.5, 0.6) is 0 Å². The molecule has 0 unspecified atom stereocenters. The second kappa shape index (κ2) is 8.62. The first-order valence-electron chi connectivity index (χ1n) is 9.89. The van der Waals surface area contributed by atoms with Gasteiger partial charge < -0.3 is 0 Å². The molecule has 4 nitrogen and oxygen atoms in total. The van der Waals surface area contributed by atoms with E-state index in [1.54, 1.807) is 11.8 Å². The Morgan fingerprint density at radius 2 is 1.89 bits per heavy atom. The van der Waals surface area contributed by atoms with Crippen LogP contribution in [-0.4, -0.2) is 14.8 Å². The molecule has 1 aromatic heterocycles. The van der Waals surface area contributed by atoms with Crippen molar-refractivity contribution in [2.24, 2.45) is 0 Å². The first-order chi connectivity index (χ1) is 13.7. The molecule has 142 valence electrons. The zero-order chi connectivity index (χ0) is 19.3. The van der Waals surface area contributed by atoms with Crippen LogP contribution in [0, 0.1) is 18.3 Å². The Balaban J connectivity index is 1.66. The number of thioether (sulfide) groups is 1. The van der Waals surface area contributed by atoms with Crippen molar-refractivity contribution in [3.63, 3.8) is 0 Å². The Morgan fingerprint density at radius 1 is 1.07 bits per heavy atom. The normalized spacial score (nSPS) is 14.7. The molecule has 1 fully saturated rings. The maximum absolute atomic E-state index is 9.13. The van der Waals surface area contributed by atoms with E-state index in [-0.39, 0.29) is 0 Å². The predicted molar refractivity (Wildman–Crippen MR) is 113 cm³/mol. The molecule has 28 heavy (non-hydrogen) atoms. The fraction of sp³-hybridized carbons (Fsp3) is 0.348. The topological polar surface area (TPSA) is 54.5 Å². The van der Waals surface area contributed by atoms with Crippen molar-refractivity contribution < 1.29 is 0 Å². The lowest BCUT2D eigenvalue weighted by Crippen LogP contribution is -2.12. The summed E-state index contributed by atoms with van der Waals surface area (Å²) in [5.74, 6) is 2.35. The average molecular weight is 389 g/mol. The van der Waals surface area contributed by atoms with E-state index in [0.717, 1.165) is 28.0 Å². The van der Waals surface area contributed by atoms with E-state index in [4.69, 9.17) is 5.26 Å². The molecule has 4 rings (SSSR count). The van der Waals surface area contributed by atoms with Crippen LogP contribution in [0.25, 0.3) is 5.69 Å². The number of benzene rings is 2. The second-order valence-corrected chi connectivity index (χ2v) is 8.39. The van der Waals surface area contributed by atoms with Crippen LogP contribution in [0.15, 0.2) is 53.7 Å². The Labute approximate surface area is 170 Å². The van der Waals surface area contributed by atoms with Crippen LogP contribution in [0.4, 0.5) is 0 Å². The SMILES string of the molecule is Cc1cccc(-n2c(SCc3cccc(C#N)c3)nnc2C2CCCCC2)c1. The van der Waals surface area contributed by atoms with Gasteiger partial charge in [-0.25, -0.2) is 0 Å². The molecule has 0 aliphatic heterocycles. The molecule has 0 atom stereocenters. The third kappa shape index (κ3) is 4.13. The summed E-state index contributed by atoms with van der Waals surface area (Å²) < 4.78 is 2.25. The van der Waals surface area contributed by atoms with Crippen LogP contribution < -0.4 is 0 Å². The van der Waals surface area contributed by atoms with Gasteiger partial charge in [0.1, 0.15) is 5.82 Å². The van der Waals surface area contributed by atoms with E-state index in [9.17, 15) is 0 Å². The van der Waals surface area contributed by atoms with Gasteiger partial charge in [0.05, 0.1) is 11.6 Å². The highest BCUT2D eigenvalue weighted by Crippen LogP contribution is 2.35. The van der Waals surface area contributed by atoms with Gasteiger partial charge >= 0.3 is 0 Å². The third-order valence-electron chi connectivity index (χ3n) is 5.31. The number of aromatic nitrogens is 3. The Kier molecular flexibility index (Phi) is 5.78. The minimum Gasteiger partial charge on any atom is -0.274 e. The fourth-order valence-electron chi connectivity index (χ4n) is 3.89. The highest BCUT2D eigenvalue weighted by atomic mass is 32.2. The molecule has 0 saturated heterocycles. The van der Waals surface area contributed by atoms with Gasteiger partial charge in [-0.3, -0.25) is 4.57 Å². The molecule has 0 radical (unpaired) electrons.